The molecule has 0 saturated heterocycles. The number of sulfonamides is 1. The van der Waals surface area contributed by atoms with Crippen LogP contribution in [0.15, 0.2) is 60.7 Å². The fourth-order valence-electron chi connectivity index (χ4n) is 3.13. The summed E-state index contributed by atoms with van der Waals surface area (Å²) >= 11 is 6.03. The summed E-state index contributed by atoms with van der Waals surface area (Å²) in [7, 11) is -3.48. The summed E-state index contributed by atoms with van der Waals surface area (Å²) in [5, 5.41) is 3.48. The highest BCUT2D eigenvalue weighted by atomic mass is 35.5. The second-order valence-corrected chi connectivity index (χ2v) is 9.97. The molecule has 162 valence electrons. The topological polar surface area (TPSA) is 66.5 Å². The van der Waals surface area contributed by atoms with E-state index in [-0.39, 0.29) is 12.5 Å². The molecule has 0 aliphatic heterocycles. The van der Waals surface area contributed by atoms with Gasteiger partial charge in [0, 0.05) is 16.3 Å². The van der Waals surface area contributed by atoms with Crippen LogP contribution in [0, 0.1) is 20.8 Å². The third-order valence-electron chi connectivity index (χ3n) is 5.14. The van der Waals surface area contributed by atoms with Crippen LogP contribution >= 0.6 is 11.6 Å². The van der Waals surface area contributed by atoms with Gasteiger partial charge in [-0.15, -0.1) is 0 Å². The molecular weight excluding hydrogens is 432 g/mol. The summed E-state index contributed by atoms with van der Waals surface area (Å²) in [4.78, 5) is 12.5. The van der Waals surface area contributed by atoms with Crippen molar-refractivity contribution in [3.05, 3.63) is 93.5 Å². The summed E-state index contributed by atoms with van der Waals surface area (Å²) in [5.41, 5.74) is 5.54. The summed E-state index contributed by atoms with van der Waals surface area (Å²) < 4.78 is 26.2. The van der Waals surface area contributed by atoms with Crippen LogP contribution in [-0.4, -0.2) is 20.6 Å². The third-order valence-corrected chi connectivity index (χ3v) is 6.70. The number of anilines is 2. The third kappa shape index (κ3) is 5.66. The van der Waals surface area contributed by atoms with E-state index in [4.69, 9.17) is 11.6 Å². The normalized spacial score (nSPS) is 11.3. The molecule has 0 fully saturated rings. The van der Waals surface area contributed by atoms with Crippen LogP contribution in [0.25, 0.3) is 0 Å². The van der Waals surface area contributed by atoms with E-state index >= 15 is 0 Å². The number of nitrogens with one attached hydrogen (secondary N) is 1. The minimum Gasteiger partial charge on any atom is -0.322 e. The van der Waals surface area contributed by atoms with E-state index in [2.05, 4.69) is 5.32 Å². The highest BCUT2D eigenvalue weighted by molar-refractivity contribution is 7.92. The fourth-order valence-corrected chi connectivity index (χ4v) is 4.13. The lowest BCUT2D eigenvalue weighted by Gasteiger charge is -2.23. The van der Waals surface area contributed by atoms with Crippen LogP contribution in [0.4, 0.5) is 11.4 Å². The van der Waals surface area contributed by atoms with Crippen molar-refractivity contribution in [3.63, 3.8) is 0 Å². The first kappa shape index (κ1) is 22.8. The predicted molar refractivity (Wildman–Crippen MR) is 128 cm³/mol. The van der Waals surface area contributed by atoms with E-state index in [1.165, 1.54) is 10.6 Å². The van der Waals surface area contributed by atoms with Gasteiger partial charge < -0.3 is 5.32 Å². The lowest BCUT2D eigenvalue weighted by atomic mass is 10.1. The Hall–Kier alpha value is -2.83. The Morgan fingerprint density at radius 1 is 0.903 bits per heavy atom. The standard InChI is InChI=1S/C24H25ClN2O3S/c1-16-5-11-22(14-17(16)2)27(31(4,29)30)15-19-6-8-20(9-7-19)24(28)26-21-10-12-23(25)18(3)13-21/h5-14H,15H2,1-4H3,(H,26,28). The van der Waals surface area contributed by atoms with Gasteiger partial charge in [-0.2, -0.15) is 0 Å². The molecule has 0 aromatic heterocycles. The van der Waals surface area contributed by atoms with Crippen molar-refractivity contribution < 1.29 is 13.2 Å². The van der Waals surface area contributed by atoms with Crippen LogP contribution in [0.1, 0.15) is 32.6 Å². The van der Waals surface area contributed by atoms with Gasteiger partial charge in [-0.3, -0.25) is 9.10 Å². The Balaban J connectivity index is 1.78. The maximum Gasteiger partial charge on any atom is 0.255 e. The average molecular weight is 457 g/mol. The smallest absolute Gasteiger partial charge is 0.255 e. The lowest BCUT2D eigenvalue weighted by Crippen LogP contribution is -2.29. The summed E-state index contributed by atoms with van der Waals surface area (Å²) in [6, 6.07) is 17.8. The maximum absolute atomic E-state index is 12.5. The van der Waals surface area contributed by atoms with Gasteiger partial charge in [0.1, 0.15) is 0 Å². The van der Waals surface area contributed by atoms with Gasteiger partial charge in [0.2, 0.25) is 10.0 Å². The van der Waals surface area contributed by atoms with Crippen LogP contribution in [0.5, 0.6) is 0 Å². The van der Waals surface area contributed by atoms with Gasteiger partial charge in [-0.05, 0) is 85.5 Å². The number of hydrogen-bond donors (Lipinski definition) is 1. The fraction of sp³-hybridized carbons (Fsp3) is 0.208. The number of aryl methyl sites for hydroxylation is 3. The molecule has 0 radical (unpaired) electrons. The van der Waals surface area contributed by atoms with Crippen molar-refractivity contribution in [1.29, 1.82) is 0 Å². The molecule has 5 nitrogen and oxygen atoms in total. The molecule has 1 N–H and O–H groups in total. The van der Waals surface area contributed by atoms with Crippen LogP contribution < -0.4 is 9.62 Å². The molecule has 3 rings (SSSR count). The summed E-state index contributed by atoms with van der Waals surface area (Å²) in [5.74, 6) is -0.248. The van der Waals surface area contributed by atoms with E-state index in [0.717, 1.165) is 22.3 Å². The summed E-state index contributed by atoms with van der Waals surface area (Å²) in [6.45, 7) is 5.99. The SMILES string of the molecule is Cc1ccc(N(Cc2ccc(C(=O)Nc3ccc(Cl)c(C)c3)cc2)S(C)(=O)=O)cc1C. The highest BCUT2D eigenvalue weighted by Gasteiger charge is 2.18. The van der Waals surface area contributed by atoms with Crippen molar-refractivity contribution in [1.82, 2.24) is 0 Å². The van der Waals surface area contributed by atoms with Crippen molar-refractivity contribution in [2.75, 3.05) is 15.9 Å². The Bertz CT molecular complexity index is 1220. The molecule has 3 aromatic rings. The quantitative estimate of drug-likeness (QED) is 0.533. The monoisotopic (exact) mass is 456 g/mol. The zero-order valence-corrected chi connectivity index (χ0v) is 19.5. The first-order chi connectivity index (χ1) is 14.5. The molecule has 0 unspecified atom stereocenters. The van der Waals surface area contributed by atoms with E-state index in [1.807, 2.05) is 39.0 Å². The van der Waals surface area contributed by atoms with Gasteiger partial charge in [-0.25, -0.2) is 8.42 Å². The molecule has 0 aliphatic carbocycles. The van der Waals surface area contributed by atoms with Crippen LogP contribution in [-0.2, 0) is 16.6 Å². The van der Waals surface area contributed by atoms with Crippen molar-refractivity contribution in [3.8, 4) is 0 Å². The molecule has 0 bridgehead atoms. The number of rotatable bonds is 6. The highest BCUT2D eigenvalue weighted by Crippen LogP contribution is 2.24. The van der Waals surface area contributed by atoms with E-state index in [9.17, 15) is 13.2 Å². The molecule has 3 aromatic carbocycles. The number of halogens is 1. The maximum atomic E-state index is 12.5. The molecule has 0 spiro atoms. The first-order valence-electron chi connectivity index (χ1n) is 9.76. The van der Waals surface area contributed by atoms with Crippen molar-refractivity contribution in [2.24, 2.45) is 0 Å². The van der Waals surface area contributed by atoms with Gasteiger partial charge in [0.15, 0.2) is 0 Å². The minimum atomic E-state index is -3.48. The van der Waals surface area contributed by atoms with Gasteiger partial charge >= 0.3 is 0 Å². The zero-order chi connectivity index (χ0) is 22.8. The molecular formula is C24H25ClN2O3S. The van der Waals surface area contributed by atoms with E-state index in [1.54, 1.807) is 42.5 Å². The first-order valence-corrected chi connectivity index (χ1v) is 12.0. The van der Waals surface area contributed by atoms with Crippen molar-refractivity contribution in [2.45, 2.75) is 27.3 Å². The number of carbonyl (C=O) groups excluding carboxylic acids is 1. The number of hydrogen-bond acceptors (Lipinski definition) is 3. The molecule has 0 saturated carbocycles. The number of nitrogens with zero attached hydrogens (tertiary/aromatic N) is 1. The molecule has 0 atom stereocenters. The Labute approximate surface area is 188 Å². The lowest BCUT2D eigenvalue weighted by molar-refractivity contribution is 0.102. The van der Waals surface area contributed by atoms with Crippen LogP contribution in [0.3, 0.4) is 0 Å². The van der Waals surface area contributed by atoms with Gasteiger partial charge in [0.05, 0.1) is 18.5 Å². The minimum absolute atomic E-state index is 0.180. The van der Waals surface area contributed by atoms with E-state index < -0.39 is 10.0 Å². The number of amides is 1. The van der Waals surface area contributed by atoms with Crippen molar-refractivity contribution >= 4 is 38.9 Å². The molecule has 0 aliphatic rings. The number of benzene rings is 3. The Kier molecular flexibility index (Phi) is 6.72. The second kappa shape index (κ2) is 9.12. The van der Waals surface area contributed by atoms with E-state index in [0.29, 0.717) is 22.0 Å². The molecule has 1 amide bonds. The second-order valence-electron chi connectivity index (χ2n) is 7.65. The Morgan fingerprint density at radius 2 is 1.58 bits per heavy atom. The zero-order valence-electron chi connectivity index (χ0n) is 17.9. The predicted octanol–water partition coefficient (Wildman–Crippen LogP) is 5.48. The van der Waals surface area contributed by atoms with Crippen LogP contribution in [0.2, 0.25) is 5.02 Å². The number of carbonyl (C=O) groups is 1. The largest absolute Gasteiger partial charge is 0.322 e. The Morgan fingerprint density at radius 3 is 2.16 bits per heavy atom. The van der Waals surface area contributed by atoms with Gasteiger partial charge in [0.25, 0.3) is 5.91 Å². The van der Waals surface area contributed by atoms with Gasteiger partial charge in [-0.1, -0.05) is 29.8 Å². The molecule has 7 heteroatoms. The molecule has 0 heterocycles. The molecule has 31 heavy (non-hydrogen) atoms. The summed E-state index contributed by atoms with van der Waals surface area (Å²) in [6.07, 6.45) is 1.19. The average Bonchev–Trinajstić information content (AvgIpc) is 2.71.